The zero-order valence-corrected chi connectivity index (χ0v) is 9.99. The van der Waals surface area contributed by atoms with Crippen LogP contribution in [0.25, 0.3) is 6.08 Å². The van der Waals surface area contributed by atoms with Crippen molar-refractivity contribution in [3.8, 4) is 0 Å². The third-order valence-electron chi connectivity index (χ3n) is 2.54. The zero-order valence-electron chi connectivity index (χ0n) is 9.99. The van der Waals surface area contributed by atoms with Crippen LogP contribution in [-0.4, -0.2) is 44.8 Å². The highest BCUT2D eigenvalue weighted by Crippen LogP contribution is 2.02. The van der Waals surface area contributed by atoms with Crippen LogP contribution >= 0.6 is 0 Å². The molecule has 6 heteroatoms. The van der Waals surface area contributed by atoms with Crippen LogP contribution in [0.4, 0.5) is 0 Å². The maximum atomic E-state index is 11.6. The Labute approximate surface area is 99.1 Å². The highest BCUT2D eigenvalue weighted by atomic mass is 16.4. The van der Waals surface area contributed by atoms with Crippen molar-refractivity contribution in [1.82, 2.24) is 14.7 Å². The SMILES string of the molecule is CC(C(=O)O)N(C)C(=O)/C=C/c1ccnn1C. The minimum absolute atomic E-state index is 0.360. The number of carboxylic acid groups (broad SMARTS) is 1. The number of aromatic nitrogens is 2. The lowest BCUT2D eigenvalue weighted by Gasteiger charge is -2.19. The fraction of sp³-hybridized carbons (Fsp3) is 0.364. The lowest BCUT2D eigenvalue weighted by Crippen LogP contribution is -2.39. The molecule has 1 amide bonds. The molecule has 1 unspecified atom stereocenters. The number of likely N-dealkylation sites (N-methyl/N-ethyl adjacent to an activating group) is 1. The van der Waals surface area contributed by atoms with Gasteiger partial charge in [0.05, 0.1) is 5.69 Å². The molecule has 0 spiro atoms. The Hall–Kier alpha value is -2.11. The molecule has 92 valence electrons. The first-order chi connectivity index (χ1) is 7.93. The number of hydrogen-bond acceptors (Lipinski definition) is 3. The van der Waals surface area contributed by atoms with Gasteiger partial charge in [0.2, 0.25) is 5.91 Å². The number of hydrogen-bond donors (Lipinski definition) is 1. The molecule has 17 heavy (non-hydrogen) atoms. The molecule has 0 aromatic carbocycles. The first-order valence-corrected chi connectivity index (χ1v) is 5.09. The summed E-state index contributed by atoms with van der Waals surface area (Å²) in [5, 5.41) is 12.7. The van der Waals surface area contributed by atoms with E-state index in [2.05, 4.69) is 5.10 Å². The van der Waals surface area contributed by atoms with Crippen molar-refractivity contribution in [3.63, 3.8) is 0 Å². The number of amides is 1. The molecule has 0 radical (unpaired) electrons. The van der Waals surface area contributed by atoms with Crippen molar-refractivity contribution < 1.29 is 14.7 Å². The summed E-state index contributed by atoms with van der Waals surface area (Å²) in [4.78, 5) is 23.5. The van der Waals surface area contributed by atoms with E-state index in [-0.39, 0.29) is 5.91 Å². The molecule has 0 aliphatic carbocycles. The lowest BCUT2D eigenvalue weighted by atomic mass is 10.3. The first kappa shape index (κ1) is 13.0. The normalized spacial score (nSPS) is 12.6. The second-order valence-electron chi connectivity index (χ2n) is 3.68. The number of aryl methyl sites for hydroxylation is 1. The van der Waals surface area contributed by atoms with E-state index >= 15 is 0 Å². The number of carbonyl (C=O) groups is 2. The van der Waals surface area contributed by atoms with Crippen LogP contribution in [0, 0.1) is 0 Å². The van der Waals surface area contributed by atoms with Crippen molar-refractivity contribution in [2.75, 3.05) is 7.05 Å². The molecule has 1 heterocycles. The van der Waals surface area contributed by atoms with Gasteiger partial charge in [0, 0.05) is 26.4 Å². The van der Waals surface area contributed by atoms with Crippen LogP contribution < -0.4 is 0 Å². The Bertz CT molecular complexity index is 451. The molecule has 1 rings (SSSR count). The van der Waals surface area contributed by atoms with Gasteiger partial charge in [-0.2, -0.15) is 5.10 Å². The molecule has 0 bridgehead atoms. The Morgan fingerprint density at radius 3 is 2.71 bits per heavy atom. The van der Waals surface area contributed by atoms with Gasteiger partial charge in [0.1, 0.15) is 6.04 Å². The molecule has 1 N–H and O–H groups in total. The van der Waals surface area contributed by atoms with Crippen LogP contribution in [0.1, 0.15) is 12.6 Å². The minimum Gasteiger partial charge on any atom is -0.480 e. The highest BCUT2D eigenvalue weighted by Gasteiger charge is 2.19. The molecular formula is C11H15N3O3. The fourth-order valence-corrected chi connectivity index (χ4v) is 1.18. The third kappa shape index (κ3) is 3.17. The molecule has 0 saturated carbocycles. The molecule has 1 aromatic heterocycles. The Kier molecular flexibility index (Phi) is 4.03. The number of carbonyl (C=O) groups excluding carboxylic acids is 1. The van der Waals surface area contributed by atoms with E-state index in [0.29, 0.717) is 0 Å². The molecular weight excluding hydrogens is 222 g/mol. The predicted molar refractivity (Wildman–Crippen MR) is 62.1 cm³/mol. The average molecular weight is 237 g/mol. The van der Waals surface area contributed by atoms with Crippen LogP contribution in [0.2, 0.25) is 0 Å². The van der Waals surface area contributed by atoms with Crippen LogP contribution in [0.15, 0.2) is 18.3 Å². The van der Waals surface area contributed by atoms with E-state index < -0.39 is 12.0 Å². The summed E-state index contributed by atoms with van der Waals surface area (Å²) < 4.78 is 1.62. The van der Waals surface area contributed by atoms with Crippen molar-refractivity contribution in [2.45, 2.75) is 13.0 Å². The molecule has 6 nitrogen and oxygen atoms in total. The van der Waals surface area contributed by atoms with Gasteiger partial charge >= 0.3 is 5.97 Å². The lowest BCUT2D eigenvalue weighted by molar-refractivity contribution is -0.146. The second kappa shape index (κ2) is 5.29. The number of carboxylic acids is 1. The van der Waals surface area contributed by atoms with Crippen LogP contribution in [0.5, 0.6) is 0 Å². The molecule has 0 aliphatic rings. The number of aliphatic carboxylic acids is 1. The Morgan fingerprint density at radius 1 is 1.59 bits per heavy atom. The summed E-state index contributed by atoms with van der Waals surface area (Å²) in [6.45, 7) is 1.46. The number of nitrogens with zero attached hydrogens (tertiary/aromatic N) is 3. The molecule has 1 aromatic rings. The Morgan fingerprint density at radius 2 is 2.24 bits per heavy atom. The van der Waals surface area contributed by atoms with E-state index in [1.54, 1.807) is 30.1 Å². The van der Waals surface area contributed by atoms with E-state index in [0.717, 1.165) is 10.6 Å². The van der Waals surface area contributed by atoms with Gasteiger partial charge in [-0.05, 0) is 19.1 Å². The van der Waals surface area contributed by atoms with Crippen molar-refractivity contribution in [2.24, 2.45) is 7.05 Å². The number of rotatable bonds is 4. The molecule has 0 saturated heterocycles. The standard InChI is InChI=1S/C11H15N3O3/c1-8(11(16)17)13(2)10(15)5-4-9-6-7-12-14(9)3/h4-8H,1-3H3,(H,16,17)/b5-4+. The predicted octanol–water partition coefficient (Wildman–Crippen LogP) is 0.365. The summed E-state index contributed by atoms with van der Waals surface area (Å²) in [5.41, 5.74) is 0.773. The summed E-state index contributed by atoms with van der Waals surface area (Å²) in [6, 6.07) is 0.906. The van der Waals surface area contributed by atoms with E-state index in [1.807, 2.05) is 0 Å². The highest BCUT2D eigenvalue weighted by molar-refractivity contribution is 5.93. The fourth-order valence-electron chi connectivity index (χ4n) is 1.18. The smallest absolute Gasteiger partial charge is 0.326 e. The summed E-state index contributed by atoms with van der Waals surface area (Å²) in [5.74, 6) is -1.39. The molecule has 1 atom stereocenters. The van der Waals surface area contributed by atoms with Gasteiger partial charge in [0.15, 0.2) is 0 Å². The van der Waals surface area contributed by atoms with Crippen molar-refractivity contribution in [1.29, 1.82) is 0 Å². The summed E-state index contributed by atoms with van der Waals surface area (Å²) >= 11 is 0. The van der Waals surface area contributed by atoms with Crippen molar-refractivity contribution in [3.05, 3.63) is 24.0 Å². The van der Waals surface area contributed by atoms with E-state index in [9.17, 15) is 9.59 Å². The third-order valence-corrected chi connectivity index (χ3v) is 2.54. The van der Waals surface area contributed by atoms with Gasteiger partial charge in [-0.1, -0.05) is 0 Å². The van der Waals surface area contributed by atoms with Crippen LogP contribution in [0.3, 0.4) is 0 Å². The monoisotopic (exact) mass is 237 g/mol. The van der Waals surface area contributed by atoms with Gasteiger partial charge in [-0.25, -0.2) is 4.79 Å². The minimum atomic E-state index is -1.03. The van der Waals surface area contributed by atoms with Gasteiger partial charge in [0.25, 0.3) is 0 Å². The maximum Gasteiger partial charge on any atom is 0.326 e. The van der Waals surface area contributed by atoms with Crippen LogP contribution in [-0.2, 0) is 16.6 Å². The summed E-state index contributed by atoms with van der Waals surface area (Å²) in [6.07, 6.45) is 4.55. The van der Waals surface area contributed by atoms with E-state index in [4.69, 9.17) is 5.11 Å². The van der Waals surface area contributed by atoms with Gasteiger partial charge in [-0.15, -0.1) is 0 Å². The largest absolute Gasteiger partial charge is 0.480 e. The van der Waals surface area contributed by atoms with E-state index in [1.165, 1.54) is 20.0 Å². The first-order valence-electron chi connectivity index (χ1n) is 5.09. The molecule has 0 fully saturated rings. The summed E-state index contributed by atoms with van der Waals surface area (Å²) in [7, 11) is 3.21. The van der Waals surface area contributed by atoms with Gasteiger partial charge < -0.3 is 10.0 Å². The van der Waals surface area contributed by atoms with Crippen molar-refractivity contribution >= 4 is 18.0 Å². The topological polar surface area (TPSA) is 75.4 Å². The second-order valence-corrected chi connectivity index (χ2v) is 3.68. The Balaban J connectivity index is 2.70. The quantitative estimate of drug-likeness (QED) is 0.767. The average Bonchev–Trinajstić information content (AvgIpc) is 2.69. The molecule has 0 aliphatic heterocycles. The maximum absolute atomic E-state index is 11.6. The zero-order chi connectivity index (χ0) is 13.0. The van der Waals surface area contributed by atoms with Gasteiger partial charge in [-0.3, -0.25) is 9.48 Å².